The molecule has 2 heterocycles. The van der Waals surface area contributed by atoms with E-state index in [1.165, 1.54) is 43.5 Å². The number of rotatable bonds is 1. The fourth-order valence-electron chi connectivity index (χ4n) is 5.96. The van der Waals surface area contributed by atoms with Gasteiger partial charge < -0.3 is 9.64 Å². The minimum atomic E-state index is 0.0702. The van der Waals surface area contributed by atoms with Gasteiger partial charge in [-0.3, -0.25) is 4.99 Å². The summed E-state index contributed by atoms with van der Waals surface area (Å²) in [6, 6.07) is 6.28. The van der Waals surface area contributed by atoms with Crippen LogP contribution >= 0.6 is 23.2 Å². The monoisotopic (exact) mass is 378 g/mol. The Morgan fingerprint density at radius 2 is 1.92 bits per heavy atom. The number of hydrogen-bond acceptors (Lipinski definition) is 3. The van der Waals surface area contributed by atoms with Gasteiger partial charge in [0.25, 0.3) is 0 Å². The van der Waals surface area contributed by atoms with Gasteiger partial charge in [0.1, 0.15) is 0 Å². The first kappa shape index (κ1) is 16.4. The normalized spacial score (nSPS) is 37.1. The number of hydrogen-bond donors (Lipinski definition) is 0. The average molecular weight is 379 g/mol. The number of amidine groups is 1. The highest BCUT2D eigenvalue weighted by atomic mass is 35.5. The predicted octanol–water partition coefficient (Wildman–Crippen LogP) is 4.70. The maximum absolute atomic E-state index is 6.38. The summed E-state index contributed by atoms with van der Waals surface area (Å²) in [6.07, 6.45) is 7.33. The molecule has 2 aliphatic heterocycles. The molecular formula is C20H24Cl2N2O. The van der Waals surface area contributed by atoms with Crippen molar-refractivity contribution in [3.63, 3.8) is 0 Å². The fraction of sp³-hybridized carbons (Fsp3) is 0.650. The maximum Gasteiger partial charge on any atom is 0.0998 e. The second-order valence-electron chi connectivity index (χ2n) is 8.18. The van der Waals surface area contributed by atoms with E-state index >= 15 is 0 Å². The third-order valence-corrected chi connectivity index (χ3v) is 7.83. The van der Waals surface area contributed by atoms with E-state index in [9.17, 15) is 0 Å². The van der Waals surface area contributed by atoms with Gasteiger partial charge in [0.15, 0.2) is 0 Å². The molecule has 3 nitrogen and oxygen atoms in total. The van der Waals surface area contributed by atoms with Crippen molar-refractivity contribution < 1.29 is 4.74 Å². The summed E-state index contributed by atoms with van der Waals surface area (Å²) in [5.41, 5.74) is 1.58. The van der Waals surface area contributed by atoms with E-state index in [1.807, 2.05) is 6.07 Å². The van der Waals surface area contributed by atoms with Crippen LogP contribution in [0.5, 0.6) is 0 Å². The first-order valence-corrected chi connectivity index (χ1v) is 10.2. The highest BCUT2D eigenvalue weighted by molar-refractivity contribution is 6.42. The van der Waals surface area contributed by atoms with Crippen LogP contribution in [0.1, 0.15) is 44.1 Å². The van der Waals surface area contributed by atoms with Gasteiger partial charge in [0, 0.05) is 24.9 Å². The minimum Gasteiger partial charge on any atom is -0.378 e. The third-order valence-electron chi connectivity index (χ3n) is 7.09. The fourth-order valence-corrected chi connectivity index (χ4v) is 6.26. The van der Waals surface area contributed by atoms with Crippen LogP contribution in [0, 0.1) is 5.92 Å². The van der Waals surface area contributed by atoms with Crippen LogP contribution in [-0.4, -0.2) is 42.6 Å². The molecule has 2 bridgehead atoms. The molecule has 1 saturated heterocycles. The zero-order valence-electron chi connectivity index (χ0n) is 14.4. The quantitative estimate of drug-likeness (QED) is 0.707. The summed E-state index contributed by atoms with van der Waals surface area (Å²) in [5.74, 6) is 2.12. The van der Waals surface area contributed by atoms with Gasteiger partial charge >= 0.3 is 0 Å². The molecule has 25 heavy (non-hydrogen) atoms. The molecule has 0 aromatic heterocycles. The van der Waals surface area contributed by atoms with E-state index in [-0.39, 0.29) is 11.0 Å². The van der Waals surface area contributed by atoms with Gasteiger partial charge in [-0.05, 0) is 55.7 Å². The standard InChI is InChI=1S/C20H24Cl2N2O/c21-16-2-1-15(11-17(16)22)19-5-3-14(12-19)13-20(19)6-4-18(23-20)24-7-9-25-10-8-24/h1-2,11,14H,3-10,12-13H2. The molecule has 1 aromatic carbocycles. The summed E-state index contributed by atoms with van der Waals surface area (Å²) < 4.78 is 5.52. The van der Waals surface area contributed by atoms with Crippen LogP contribution < -0.4 is 0 Å². The average Bonchev–Trinajstić information content (AvgIpc) is 3.32. The molecular weight excluding hydrogens is 355 g/mol. The van der Waals surface area contributed by atoms with Gasteiger partial charge in [-0.1, -0.05) is 29.3 Å². The summed E-state index contributed by atoms with van der Waals surface area (Å²) >= 11 is 12.6. The van der Waals surface area contributed by atoms with E-state index in [2.05, 4.69) is 17.0 Å². The zero-order valence-corrected chi connectivity index (χ0v) is 16.0. The first-order valence-electron chi connectivity index (χ1n) is 9.49. The highest BCUT2D eigenvalue weighted by Gasteiger charge is 2.63. The smallest absolute Gasteiger partial charge is 0.0998 e. The number of fused-ring (bicyclic) bond motifs is 3. The molecule has 3 atom stereocenters. The van der Waals surface area contributed by atoms with Gasteiger partial charge in [-0.15, -0.1) is 0 Å². The van der Waals surface area contributed by atoms with E-state index in [0.717, 1.165) is 38.6 Å². The lowest BCUT2D eigenvalue weighted by Crippen LogP contribution is -2.45. The van der Waals surface area contributed by atoms with Crippen LogP contribution in [0.3, 0.4) is 0 Å². The largest absolute Gasteiger partial charge is 0.378 e. The summed E-state index contributed by atoms with van der Waals surface area (Å²) in [7, 11) is 0. The van der Waals surface area contributed by atoms with E-state index in [4.69, 9.17) is 32.9 Å². The molecule has 134 valence electrons. The van der Waals surface area contributed by atoms with Crippen molar-refractivity contribution in [3.05, 3.63) is 33.8 Å². The molecule has 5 heteroatoms. The Bertz CT molecular complexity index is 730. The Hall–Kier alpha value is -0.770. The van der Waals surface area contributed by atoms with Gasteiger partial charge in [-0.25, -0.2) is 0 Å². The second-order valence-corrected chi connectivity index (χ2v) is 9.00. The Kier molecular flexibility index (Phi) is 3.85. The Morgan fingerprint density at radius 1 is 1.08 bits per heavy atom. The summed E-state index contributed by atoms with van der Waals surface area (Å²) in [4.78, 5) is 7.89. The van der Waals surface area contributed by atoms with Crippen LogP contribution in [0.15, 0.2) is 23.2 Å². The number of morpholine rings is 1. The van der Waals surface area contributed by atoms with Crippen molar-refractivity contribution in [3.8, 4) is 0 Å². The molecule has 2 saturated carbocycles. The number of halogens is 2. The van der Waals surface area contributed by atoms with Gasteiger partial charge in [0.05, 0.1) is 34.6 Å². The van der Waals surface area contributed by atoms with Gasteiger partial charge in [-0.2, -0.15) is 0 Å². The van der Waals surface area contributed by atoms with Crippen LogP contribution in [0.4, 0.5) is 0 Å². The Balaban J connectivity index is 1.54. The van der Waals surface area contributed by atoms with Gasteiger partial charge in [0.2, 0.25) is 0 Å². The molecule has 0 N–H and O–H groups in total. The SMILES string of the molecule is Clc1ccc(C23CCC(CC24CCC(N2CCOCC2)=N4)C3)cc1Cl. The van der Waals surface area contributed by atoms with Crippen molar-refractivity contribution in [1.29, 1.82) is 0 Å². The molecule has 3 fully saturated rings. The van der Waals surface area contributed by atoms with Crippen LogP contribution in [-0.2, 0) is 10.2 Å². The highest BCUT2D eigenvalue weighted by Crippen LogP contribution is 2.65. The van der Waals surface area contributed by atoms with Crippen molar-refractivity contribution in [2.45, 2.75) is 49.5 Å². The lowest BCUT2D eigenvalue weighted by Gasteiger charge is -2.43. The van der Waals surface area contributed by atoms with E-state index in [1.54, 1.807) is 0 Å². The lowest BCUT2D eigenvalue weighted by molar-refractivity contribution is 0.0674. The molecule has 4 aliphatic rings. The maximum atomic E-state index is 6.38. The lowest BCUT2D eigenvalue weighted by atomic mass is 9.64. The molecule has 2 aliphatic carbocycles. The molecule has 3 unspecified atom stereocenters. The van der Waals surface area contributed by atoms with Crippen molar-refractivity contribution in [2.24, 2.45) is 10.9 Å². The molecule has 0 radical (unpaired) electrons. The summed E-state index contributed by atoms with van der Waals surface area (Å²) in [6.45, 7) is 3.62. The molecule has 1 aromatic rings. The third kappa shape index (κ3) is 2.39. The Labute approximate surface area is 159 Å². The van der Waals surface area contributed by atoms with E-state index in [0.29, 0.717) is 10.0 Å². The first-order chi connectivity index (χ1) is 12.1. The Morgan fingerprint density at radius 3 is 2.68 bits per heavy atom. The topological polar surface area (TPSA) is 24.8 Å². The van der Waals surface area contributed by atoms with Crippen molar-refractivity contribution in [2.75, 3.05) is 26.3 Å². The second kappa shape index (κ2) is 5.87. The zero-order chi connectivity index (χ0) is 17.1. The van der Waals surface area contributed by atoms with Crippen LogP contribution in [0.2, 0.25) is 10.0 Å². The molecule has 5 rings (SSSR count). The number of nitrogens with zero attached hydrogens (tertiary/aromatic N) is 2. The number of benzene rings is 1. The van der Waals surface area contributed by atoms with Crippen molar-refractivity contribution >= 4 is 29.0 Å². The molecule has 0 amide bonds. The van der Waals surface area contributed by atoms with Crippen molar-refractivity contribution in [1.82, 2.24) is 4.90 Å². The predicted molar refractivity (Wildman–Crippen MR) is 102 cm³/mol. The minimum absolute atomic E-state index is 0.0702. The van der Waals surface area contributed by atoms with Crippen LogP contribution in [0.25, 0.3) is 0 Å². The van der Waals surface area contributed by atoms with E-state index < -0.39 is 0 Å². The number of ether oxygens (including phenoxy) is 1. The number of aliphatic imine (C=N–C) groups is 1. The molecule has 1 spiro atoms. The summed E-state index contributed by atoms with van der Waals surface area (Å²) in [5, 5.41) is 1.32.